The maximum absolute atomic E-state index is 5.46. The zero-order valence-corrected chi connectivity index (χ0v) is 11.5. The highest BCUT2D eigenvalue weighted by molar-refractivity contribution is 5.02. The summed E-state index contributed by atoms with van der Waals surface area (Å²) in [6.07, 6.45) is 10.6. The van der Waals surface area contributed by atoms with Gasteiger partial charge in [0.1, 0.15) is 0 Å². The smallest absolute Gasteiger partial charge is 0.0507 e. The van der Waals surface area contributed by atoms with Crippen LogP contribution >= 0.6 is 0 Å². The van der Waals surface area contributed by atoms with Gasteiger partial charge in [-0.1, -0.05) is 0 Å². The van der Waals surface area contributed by atoms with Crippen LogP contribution in [0.25, 0.3) is 0 Å². The number of rotatable bonds is 4. The summed E-state index contributed by atoms with van der Waals surface area (Å²) in [5.41, 5.74) is 0.703. The summed E-state index contributed by atoms with van der Waals surface area (Å²) >= 11 is 0. The van der Waals surface area contributed by atoms with Crippen LogP contribution in [0, 0.1) is 29.1 Å². The Morgan fingerprint density at radius 3 is 2.22 bits per heavy atom. The van der Waals surface area contributed by atoms with Crippen LogP contribution in [0.1, 0.15) is 44.9 Å². The van der Waals surface area contributed by atoms with Gasteiger partial charge >= 0.3 is 0 Å². The molecule has 5 rings (SSSR count). The molecule has 1 unspecified atom stereocenters. The molecule has 1 heterocycles. The third-order valence-corrected chi connectivity index (χ3v) is 6.12. The van der Waals surface area contributed by atoms with E-state index in [1.54, 1.807) is 19.3 Å². The van der Waals surface area contributed by atoms with Gasteiger partial charge in [0.2, 0.25) is 0 Å². The van der Waals surface area contributed by atoms with Crippen molar-refractivity contribution in [2.24, 2.45) is 29.1 Å². The van der Waals surface area contributed by atoms with E-state index in [1.807, 2.05) is 0 Å². The molecule has 5 aliphatic rings. The van der Waals surface area contributed by atoms with Crippen molar-refractivity contribution in [3.63, 3.8) is 0 Å². The van der Waals surface area contributed by atoms with Crippen LogP contribution in [0.4, 0.5) is 0 Å². The molecule has 2 nitrogen and oxygen atoms in total. The molecule has 102 valence electrons. The zero-order chi connectivity index (χ0) is 12.0. The highest BCUT2D eigenvalue weighted by Crippen LogP contribution is 2.59. The van der Waals surface area contributed by atoms with Gasteiger partial charge in [-0.3, -0.25) is 0 Å². The van der Waals surface area contributed by atoms with Crippen molar-refractivity contribution in [1.82, 2.24) is 5.32 Å². The molecular formula is C16H27NO. The normalized spacial score (nSPS) is 50.0. The van der Waals surface area contributed by atoms with E-state index in [9.17, 15) is 0 Å². The van der Waals surface area contributed by atoms with E-state index in [1.165, 1.54) is 38.8 Å². The summed E-state index contributed by atoms with van der Waals surface area (Å²) < 4.78 is 5.46. The molecule has 0 aromatic heterocycles. The van der Waals surface area contributed by atoms with E-state index >= 15 is 0 Å². The Morgan fingerprint density at radius 2 is 1.67 bits per heavy atom. The third kappa shape index (κ3) is 2.12. The number of hydrogen-bond acceptors (Lipinski definition) is 2. The van der Waals surface area contributed by atoms with E-state index in [2.05, 4.69) is 5.32 Å². The summed E-state index contributed by atoms with van der Waals surface area (Å²) in [5, 5.41) is 3.80. The molecule has 4 bridgehead atoms. The molecule has 1 aliphatic heterocycles. The molecule has 1 N–H and O–H groups in total. The first-order valence-electron chi connectivity index (χ1n) is 8.10. The lowest BCUT2D eigenvalue weighted by Gasteiger charge is -2.57. The second kappa shape index (κ2) is 4.49. The molecule has 0 spiro atoms. The van der Waals surface area contributed by atoms with Crippen LogP contribution in [-0.4, -0.2) is 26.3 Å². The minimum absolute atomic E-state index is 0.703. The first-order valence-corrected chi connectivity index (χ1v) is 8.10. The van der Waals surface area contributed by atoms with Crippen LogP contribution in [-0.2, 0) is 4.74 Å². The molecule has 18 heavy (non-hydrogen) atoms. The average Bonchev–Trinajstić information content (AvgIpc) is 2.79. The van der Waals surface area contributed by atoms with Crippen LogP contribution in [0.2, 0.25) is 0 Å². The Labute approximate surface area is 111 Å². The van der Waals surface area contributed by atoms with Crippen molar-refractivity contribution in [3.8, 4) is 0 Å². The van der Waals surface area contributed by atoms with Gasteiger partial charge in [0.05, 0.1) is 6.61 Å². The molecule has 0 amide bonds. The summed E-state index contributed by atoms with van der Waals surface area (Å²) in [6.45, 7) is 4.48. The van der Waals surface area contributed by atoms with Crippen molar-refractivity contribution in [2.45, 2.75) is 44.9 Å². The van der Waals surface area contributed by atoms with Crippen molar-refractivity contribution in [3.05, 3.63) is 0 Å². The Hall–Kier alpha value is -0.0800. The standard InChI is InChI=1S/C16H27NO/c1-2-18-10-12(1)9-17-11-16-6-13-3-14(7-16)5-15(4-13)8-16/h12-15,17H,1-11H2. The van der Waals surface area contributed by atoms with E-state index in [0.29, 0.717) is 5.41 Å². The summed E-state index contributed by atoms with van der Waals surface area (Å²) in [4.78, 5) is 0. The lowest BCUT2D eigenvalue weighted by atomic mass is 9.49. The van der Waals surface area contributed by atoms with Crippen LogP contribution in [0.5, 0.6) is 0 Å². The lowest BCUT2D eigenvalue weighted by molar-refractivity contribution is -0.0515. The molecule has 0 radical (unpaired) electrons. The molecule has 1 atom stereocenters. The number of nitrogens with one attached hydrogen (secondary N) is 1. The number of ether oxygens (including phenoxy) is 1. The van der Waals surface area contributed by atoms with Gasteiger partial charge in [-0.05, 0) is 74.0 Å². The molecular weight excluding hydrogens is 222 g/mol. The van der Waals surface area contributed by atoms with Gasteiger partial charge in [0.25, 0.3) is 0 Å². The van der Waals surface area contributed by atoms with Crippen molar-refractivity contribution < 1.29 is 4.74 Å². The molecule has 4 saturated carbocycles. The number of hydrogen-bond donors (Lipinski definition) is 1. The van der Waals surface area contributed by atoms with Crippen molar-refractivity contribution in [2.75, 3.05) is 26.3 Å². The van der Waals surface area contributed by atoms with Gasteiger partial charge < -0.3 is 10.1 Å². The Bertz CT molecular complexity index is 273. The Balaban J connectivity index is 1.33. The molecule has 0 aromatic rings. The van der Waals surface area contributed by atoms with Crippen LogP contribution in [0.3, 0.4) is 0 Å². The summed E-state index contributed by atoms with van der Waals surface area (Å²) in [7, 11) is 0. The third-order valence-electron chi connectivity index (χ3n) is 6.12. The van der Waals surface area contributed by atoms with Gasteiger partial charge in [-0.15, -0.1) is 0 Å². The predicted octanol–water partition coefficient (Wildman–Crippen LogP) is 2.83. The minimum atomic E-state index is 0.703. The van der Waals surface area contributed by atoms with Gasteiger partial charge in [-0.2, -0.15) is 0 Å². The fraction of sp³-hybridized carbons (Fsp3) is 1.00. The van der Waals surface area contributed by atoms with Gasteiger partial charge in [0, 0.05) is 19.7 Å². The summed E-state index contributed by atoms with van der Waals surface area (Å²) in [6, 6.07) is 0. The van der Waals surface area contributed by atoms with E-state index in [4.69, 9.17) is 4.74 Å². The molecule has 2 heteroatoms. The topological polar surface area (TPSA) is 21.3 Å². The fourth-order valence-electron chi connectivity index (χ4n) is 5.79. The van der Waals surface area contributed by atoms with E-state index in [-0.39, 0.29) is 0 Å². The average molecular weight is 249 g/mol. The maximum atomic E-state index is 5.46. The maximum Gasteiger partial charge on any atom is 0.0507 e. The fourth-order valence-corrected chi connectivity index (χ4v) is 5.79. The van der Waals surface area contributed by atoms with E-state index < -0.39 is 0 Å². The highest BCUT2D eigenvalue weighted by atomic mass is 16.5. The first-order chi connectivity index (χ1) is 8.81. The summed E-state index contributed by atoms with van der Waals surface area (Å²) in [5.74, 6) is 4.06. The van der Waals surface area contributed by atoms with Crippen molar-refractivity contribution in [1.29, 1.82) is 0 Å². The SMILES string of the molecule is C1CC(CNCC23CC4CC(CC(C4)C2)C3)CO1. The minimum Gasteiger partial charge on any atom is -0.381 e. The molecule has 1 saturated heterocycles. The molecule has 4 aliphatic carbocycles. The van der Waals surface area contributed by atoms with Gasteiger partial charge in [0.15, 0.2) is 0 Å². The van der Waals surface area contributed by atoms with Crippen LogP contribution in [0.15, 0.2) is 0 Å². The first kappa shape index (κ1) is 11.7. The second-order valence-corrected chi connectivity index (χ2v) is 7.78. The quantitative estimate of drug-likeness (QED) is 0.827. The van der Waals surface area contributed by atoms with Gasteiger partial charge in [-0.25, -0.2) is 0 Å². The monoisotopic (exact) mass is 249 g/mol. The Kier molecular flexibility index (Phi) is 2.92. The highest BCUT2D eigenvalue weighted by Gasteiger charge is 2.50. The largest absolute Gasteiger partial charge is 0.381 e. The van der Waals surface area contributed by atoms with Crippen molar-refractivity contribution >= 4 is 0 Å². The van der Waals surface area contributed by atoms with E-state index in [0.717, 1.165) is 36.9 Å². The molecule has 5 fully saturated rings. The zero-order valence-electron chi connectivity index (χ0n) is 11.5. The lowest BCUT2D eigenvalue weighted by Crippen LogP contribution is -2.50. The van der Waals surface area contributed by atoms with Crippen LogP contribution < -0.4 is 5.32 Å². The predicted molar refractivity (Wildman–Crippen MR) is 72.4 cm³/mol. The Morgan fingerprint density at radius 1 is 1.00 bits per heavy atom. The molecule has 0 aromatic carbocycles. The second-order valence-electron chi connectivity index (χ2n) is 7.78.